The predicted octanol–water partition coefficient (Wildman–Crippen LogP) is 6.85. The number of nitrogens with one attached hydrogen (secondary N) is 2. The maximum absolute atomic E-state index is 13.5. The standard InChI is InChI=1S/C30H38N4O2S/c1-20(19-30(3,4)5)18-25(35)32-24-14-12-22(13-15-24)27-26(28(36)33-23-10-7-6-8-11-23)21(2)31-29-34(27)16-9-17-37-29/h6-8,10-15,20,27H,9,16-19H2,1-5H3,(H,32,35)(H,33,36). The van der Waals surface area contributed by atoms with Crippen LogP contribution in [0.15, 0.2) is 70.9 Å². The second-order valence-electron chi connectivity index (χ2n) is 11.3. The SMILES string of the molecule is CC1=C(C(=O)Nc2ccccc2)C(c2ccc(NC(=O)CC(C)CC(C)(C)C)cc2)N2CCCSC2=N1. The van der Waals surface area contributed by atoms with Gasteiger partial charge in [0.25, 0.3) is 5.91 Å². The van der Waals surface area contributed by atoms with Crippen molar-refractivity contribution in [2.24, 2.45) is 16.3 Å². The van der Waals surface area contributed by atoms with Crippen LogP contribution in [-0.2, 0) is 9.59 Å². The normalized spacial score (nSPS) is 18.6. The molecule has 0 bridgehead atoms. The van der Waals surface area contributed by atoms with Crippen LogP contribution in [0.3, 0.4) is 0 Å². The van der Waals surface area contributed by atoms with Gasteiger partial charge < -0.3 is 15.5 Å². The van der Waals surface area contributed by atoms with Crippen LogP contribution in [0.1, 0.15) is 65.5 Å². The fourth-order valence-electron chi connectivity index (χ4n) is 5.22. The lowest BCUT2D eigenvalue weighted by Crippen LogP contribution is -2.43. The lowest BCUT2D eigenvalue weighted by atomic mass is 9.84. The highest BCUT2D eigenvalue weighted by Crippen LogP contribution is 2.40. The third-order valence-corrected chi connectivity index (χ3v) is 7.62. The third kappa shape index (κ3) is 7.04. The molecule has 0 radical (unpaired) electrons. The van der Waals surface area contributed by atoms with E-state index in [9.17, 15) is 9.59 Å². The van der Waals surface area contributed by atoms with Crippen LogP contribution in [0.5, 0.6) is 0 Å². The molecule has 6 nitrogen and oxygen atoms in total. The summed E-state index contributed by atoms with van der Waals surface area (Å²) in [4.78, 5) is 33.2. The molecule has 0 spiro atoms. The Hall–Kier alpha value is -3.06. The minimum Gasteiger partial charge on any atom is -0.340 e. The monoisotopic (exact) mass is 518 g/mol. The summed E-state index contributed by atoms with van der Waals surface area (Å²) in [6.45, 7) is 11.5. The fraction of sp³-hybridized carbons (Fsp3) is 0.433. The second-order valence-corrected chi connectivity index (χ2v) is 12.3. The summed E-state index contributed by atoms with van der Waals surface area (Å²) in [5, 5.41) is 7.07. The first kappa shape index (κ1) is 27.0. The van der Waals surface area contributed by atoms with Crippen molar-refractivity contribution in [3.63, 3.8) is 0 Å². The highest BCUT2D eigenvalue weighted by molar-refractivity contribution is 8.13. The Morgan fingerprint density at radius 3 is 2.41 bits per heavy atom. The Balaban J connectivity index is 1.54. The number of aliphatic imine (C=N–C) groups is 1. The van der Waals surface area contributed by atoms with Crippen molar-refractivity contribution in [3.05, 3.63) is 71.4 Å². The Bertz CT molecular complexity index is 1180. The van der Waals surface area contributed by atoms with E-state index in [1.54, 1.807) is 11.8 Å². The lowest BCUT2D eigenvalue weighted by Gasteiger charge is -2.41. The Morgan fingerprint density at radius 2 is 1.73 bits per heavy atom. The average molecular weight is 519 g/mol. The molecule has 2 atom stereocenters. The lowest BCUT2D eigenvalue weighted by molar-refractivity contribution is -0.117. The Morgan fingerprint density at radius 1 is 1.05 bits per heavy atom. The maximum atomic E-state index is 13.5. The number of carbonyl (C=O) groups is 2. The Kier molecular flexibility index (Phi) is 8.42. The highest BCUT2D eigenvalue weighted by Gasteiger charge is 2.37. The number of para-hydroxylation sites is 1. The number of amides is 2. The number of amidine groups is 1. The number of hydrogen-bond acceptors (Lipinski definition) is 5. The van der Waals surface area contributed by atoms with E-state index < -0.39 is 0 Å². The molecule has 4 rings (SSSR count). The Labute approximate surface area is 225 Å². The first-order valence-corrected chi connectivity index (χ1v) is 14.0. The molecule has 1 fully saturated rings. The quantitative estimate of drug-likeness (QED) is 0.420. The zero-order chi connectivity index (χ0) is 26.6. The molecular weight excluding hydrogens is 480 g/mol. The molecule has 2 aliphatic rings. The van der Waals surface area contributed by atoms with Gasteiger partial charge in [0.15, 0.2) is 5.17 Å². The van der Waals surface area contributed by atoms with Gasteiger partial charge in [0, 0.05) is 30.1 Å². The van der Waals surface area contributed by atoms with E-state index in [4.69, 9.17) is 4.99 Å². The number of hydrogen-bond donors (Lipinski definition) is 2. The minimum atomic E-state index is -0.236. The number of nitrogens with zero attached hydrogens (tertiary/aromatic N) is 2. The zero-order valence-corrected chi connectivity index (χ0v) is 23.3. The molecule has 2 aliphatic heterocycles. The summed E-state index contributed by atoms with van der Waals surface area (Å²) in [5.74, 6) is 1.23. The maximum Gasteiger partial charge on any atom is 0.255 e. The first-order chi connectivity index (χ1) is 17.6. The van der Waals surface area contributed by atoms with Gasteiger partial charge in [0.05, 0.1) is 17.3 Å². The molecule has 2 unspecified atom stereocenters. The molecule has 37 heavy (non-hydrogen) atoms. The van der Waals surface area contributed by atoms with Crippen LogP contribution in [0, 0.1) is 11.3 Å². The molecule has 0 aliphatic carbocycles. The largest absolute Gasteiger partial charge is 0.340 e. The minimum absolute atomic E-state index is 0.0303. The molecule has 7 heteroatoms. The highest BCUT2D eigenvalue weighted by atomic mass is 32.2. The molecule has 2 aromatic carbocycles. The number of allylic oxidation sites excluding steroid dienone is 1. The molecule has 0 aromatic heterocycles. The van der Waals surface area contributed by atoms with Crippen LogP contribution in [0.4, 0.5) is 11.4 Å². The number of fused-ring (bicyclic) bond motifs is 1. The predicted molar refractivity (Wildman–Crippen MR) is 155 cm³/mol. The number of thioether (sulfide) groups is 1. The van der Waals surface area contributed by atoms with E-state index in [-0.39, 0.29) is 23.3 Å². The van der Waals surface area contributed by atoms with Crippen molar-refractivity contribution in [1.29, 1.82) is 0 Å². The van der Waals surface area contributed by atoms with E-state index in [0.717, 1.165) is 52.9 Å². The van der Waals surface area contributed by atoms with E-state index in [2.05, 4.69) is 43.2 Å². The van der Waals surface area contributed by atoms with Crippen LogP contribution < -0.4 is 10.6 Å². The van der Waals surface area contributed by atoms with Crippen molar-refractivity contribution in [2.75, 3.05) is 22.9 Å². The fourth-order valence-corrected chi connectivity index (χ4v) is 6.24. The van der Waals surface area contributed by atoms with Gasteiger partial charge in [0.2, 0.25) is 5.91 Å². The number of rotatable bonds is 7. The van der Waals surface area contributed by atoms with Gasteiger partial charge in [-0.25, -0.2) is 4.99 Å². The zero-order valence-electron chi connectivity index (χ0n) is 22.5. The molecule has 2 heterocycles. The van der Waals surface area contributed by atoms with Gasteiger partial charge in [-0.1, -0.05) is 69.8 Å². The number of benzene rings is 2. The first-order valence-electron chi connectivity index (χ1n) is 13.1. The summed E-state index contributed by atoms with van der Waals surface area (Å²) in [6.07, 6.45) is 2.53. The van der Waals surface area contributed by atoms with E-state index in [1.165, 1.54) is 0 Å². The van der Waals surface area contributed by atoms with Gasteiger partial charge >= 0.3 is 0 Å². The van der Waals surface area contributed by atoms with Crippen LogP contribution in [-0.4, -0.2) is 34.2 Å². The number of carbonyl (C=O) groups excluding carboxylic acids is 2. The molecular formula is C30H38N4O2S. The molecule has 2 aromatic rings. The van der Waals surface area contributed by atoms with Crippen molar-refractivity contribution >= 4 is 40.1 Å². The summed E-state index contributed by atoms with van der Waals surface area (Å²) < 4.78 is 0. The van der Waals surface area contributed by atoms with Crippen LogP contribution in [0.25, 0.3) is 0 Å². The molecule has 2 N–H and O–H groups in total. The van der Waals surface area contributed by atoms with Crippen molar-refractivity contribution in [1.82, 2.24) is 4.90 Å². The van der Waals surface area contributed by atoms with Crippen molar-refractivity contribution in [2.45, 2.75) is 59.9 Å². The second kappa shape index (κ2) is 11.5. The van der Waals surface area contributed by atoms with Gasteiger partial charge in [-0.15, -0.1) is 0 Å². The summed E-state index contributed by atoms with van der Waals surface area (Å²) in [6, 6.07) is 17.2. The summed E-state index contributed by atoms with van der Waals surface area (Å²) in [5.41, 5.74) is 4.13. The van der Waals surface area contributed by atoms with Gasteiger partial charge in [0.1, 0.15) is 0 Å². The molecule has 2 amide bonds. The molecule has 1 saturated heterocycles. The van der Waals surface area contributed by atoms with Gasteiger partial charge in [-0.2, -0.15) is 0 Å². The molecule has 196 valence electrons. The smallest absolute Gasteiger partial charge is 0.255 e. The van der Waals surface area contributed by atoms with Gasteiger partial charge in [-0.3, -0.25) is 9.59 Å². The summed E-state index contributed by atoms with van der Waals surface area (Å²) >= 11 is 1.74. The third-order valence-electron chi connectivity index (χ3n) is 6.54. The van der Waals surface area contributed by atoms with Crippen molar-refractivity contribution < 1.29 is 9.59 Å². The summed E-state index contributed by atoms with van der Waals surface area (Å²) in [7, 11) is 0. The molecule has 0 saturated carbocycles. The van der Waals surface area contributed by atoms with E-state index >= 15 is 0 Å². The van der Waals surface area contributed by atoms with E-state index in [0.29, 0.717) is 17.9 Å². The van der Waals surface area contributed by atoms with Crippen LogP contribution in [0.2, 0.25) is 0 Å². The van der Waals surface area contributed by atoms with Crippen molar-refractivity contribution in [3.8, 4) is 0 Å². The van der Waals surface area contributed by atoms with Crippen LogP contribution >= 0.6 is 11.8 Å². The topological polar surface area (TPSA) is 73.8 Å². The number of anilines is 2. The van der Waals surface area contributed by atoms with Gasteiger partial charge in [-0.05, 0) is 60.9 Å². The average Bonchev–Trinajstić information content (AvgIpc) is 2.83. The van der Waals surface area contributed by atoms with E-state index in [1.807, 2.05) is 61.5 Å².